The molecule has 0 aliphatic carbocycles. The second kappa shape index (κ2) is 10.9. The maximum Gasteiger partial charge on any atom is 2.00 e. The third kappa shape index (κ3) is 7.42. The van der Waals surface area contributed by atoms with E-state index in [0.717, 1.165) is 24.0 Å². The molecule has 0 N–H and O–H groups in total. The first-order valence-corrected chi connectivity index (χ1v) is 7.08. The molecule has 0 atom stereocenters. The van der Waals surface area contributed by atoms with Crippen LogP contribution in [-0.4, -0.2) is 11.9 Å². The predicted molar refractivity (Wildman–Crippen MR) is 80.3 cm³/mol. The van der Waals surface area contributed by atoms with E-state index in [-0.39, 0.29) is 38.8 Å². The zero-order chi connectivity index (χ0) is 16.5. The van der Waals surface area contributed by atoms with Gasteiger partial charge >= 0.3 is 27.7 Å². The molecule has 0 spiro atoms. The van der Waals surface area contributed by atoms with Crippen molar-refractivity contribution in [3.63, 3.8) is 0 Å². The van der Waals surface area contributed by atoms with Crippen LogP contribution >= 0.6 is 0 Å². The van der Waals surface area contributed by atoms with Gasteiger partial charge in [0.25, 0.3) is 0 Å². The van der Waals surface area contributed by atoms with Gasteiger partial charge in [0.1, 0.15) is 0 Å². The van der Waals surface area contributed by atoms with Crippen LogP contribution in [0.2, 0.25) is 0 Å². The Kier molecular flexibility index (Phi) is 10.1. The van der Waals surface area contributed by atoms with Gasteiger partial charge in [-0.25, -0.2) is 0 Å². The van der Waals surface area contributed by atoms with Crippen LogP contribution in [0.15, 0.2) is 48.5 Å². The predicted octanol–water partition coefficient (Wildman–Crippen LogP) is 1.22. The third-order valence-electron chi connectivity index (χ3n) is 3.14. The van der Waals surface area contributed by atoms with Crippen molar-refractivity contribution in [2.45, 2.75) is 26.7 Å². The Labute approximate surface area is 156 Å². The average molecular weight is 499 g/mol. The van der Waals surface area contributed by atoms with Crippen molar-refractivity contribution in [3.05, 3.63) is 70.8 Å². The first-order chi connectivity index (χ1) is 10.5. The normalized spacial score (nSPS) is 9.13. The fourth-order valence-corrected chi connectivity index (χ4v) is 1.84. The molecular formula is C18H18HgO4. The fraction of sp³-hybridized carbons (Fsp3) is 0.222. The first-order valence-electron chi connectivity index (χ1n) is 7.08. The molecule has 2 aromatic rings. The largest absolute Gasteiger partial charge is 2.00 e. The van der Waals surface area contributed by atoms with Crippen molar-refractivity contribution < 1.29 is 47.5 Å². The molecule has 5 heteroatoms. The Morgan fingerprint density at radius 3 is 1.39 bits per heavy atom. The Morgan fingerprint density at radius 2 is 1.13 bits per heavy atom. The summed E-state index contributed by atoms with van der Waals surface area (Å²) < 4.78 is 0. The van der Waals surface area contributed by atoms with E-state index in [9.17, 15) is 19.8 Å². The summed E-state index contributed by atoms with van der Waals surface area (Å²) in [6.07, 6.45) is 1.70. The Hall–Kier alpha value is -1.68. The van der Waals surface area contributed by atoms with Crippen LogP contribution in [0.25, 0.3) is 0 Å². The summed E-state index contributed by atoms with van der Waals surface area (Å²) >= 11 is 0. The topological polar surface area (TPSA) is 80.3 Å². The van der Waals surface area contributed by atoms with Gasteiger partial charge in [0, 0.05) is 0 Å². The molecule has 0 amide bonds. The summed E-state index contributed by atoms with van der Waals surface area (Å²) in [5.74, 6) is -2.22. The van der Waals surface area contributed by atoms with E-state index in [1.54, 1.807) is 24.3 Å². The van der Waals surface area contributed by atoms with E-state index in [4.69, 9.17) is 0 Å². The molecule has 0 bridgehead atoms. The maximum atomic E-state index is 10.4. The molecule has 23 heavy (non-hydrogen) atoms. The van der Waals surface area contributed by atoms with Crippen molar-refractivity contribution in [1.29, 1.82) is 0 Å². The quantitative estimate of drug-likeness (QED) is 0.594. The second-order valence-electron chi connectivity index (χ2n) is 4.68. The molecular weight excluding hydrogens is 481 g/mol. The van der Waals surface area contributed by atoms with Crippen LogP contribution < -0.4 is 10.2 Å². The summed E-state index contributed by atoms with van der Waals surface area (Å²) in [5, 5.41) is 20.7. The smallest absolute Gasteiger partial charge is 0.545 e. The van der Waals surface area contributed by atoms with Gasteiger partial charge in [0.15, 0.2) is 0 Å². The van der Waals surface area contributed by atoms with Crippen molar-refractivity contribution in [3.8, 4) is 0 Å². The van der Waals surface area contributed by atoms with E-state index in [1.165, 1.54) is 12.1 Å². The fourth-order valence-electron chi connectivity index (χ4n) is 1.84. The van der Waals surface area contributed by atoms with Crippen LogP contribution in [0.4, 0.5) is 0 Å². The molecule has 0 saturated carbocycles. The van der Waals surface area contributed by atoms with Crippen LogP contribution in [0.3, 0.4) is 0 Å². The monoisotopic (exact) mass is 500 g/mol. The standard InChI is InChI=1S/2C9H10O2.Hg/c2*1-2-7-4-3-5-8(6-7)9(10)11;/h2*3-6H,2H2,1H3,(H,10,11);/q;;+2/p-2. The molecule has 4 nitrogen and oxygen atoms in total. The third-order valence-corrected chi connectivity index (χ3v) is 3.14. The van der Waals surface area contributed by atoms with Gasteiger partial charge in [-0.1, -0.05) is 50.2 Å². The molecule has 0 aromatic heterocycles. The number of hydrogen-bond donors (Lipinski definition) is 0. The zero-order valence-corrected chi connectivity index (χ0v) is 18.9. The molecule has 116 valence electrons. The second-order valence-corrected chi connectivity index (χ2v) is 4.68. The van der Waals surface area contributed by atoms with E-state index >= 15 is 0 Å². The SMILES string of the molecule is CCc1cccc(C(=O)[O-])c1.CCc1cccc(C(=O)[O-])c1.[Hg+2]. The number of carboxylic acid groups (broad SMARTS) is 2. The number of aryl methyl sites for hydroxylation is 2. The summed E-state index contributed by atoms with van der Waals surface area (Å²) in [6, 6.07) is 13.6. The van der Waals surface area contributed by atoms with Crippen LogP contribution in [0.5, 0.6) is 0 Å². The number of aromatic carboxylic acids is 2. The number of hydrogen-bond acceptors (Lipinski definition) is 4. The zero-order valence-electron chi connectivity index (χ0n) is 13.4. The van der Waals surface area contributed by atoms with Crippen molar-refractivity contribution in [2.24, 2.45) is 0 Å². The molecule has 2 rings (SSSR count). The molecule has 2 aromatic carbocycles. The summed E-state index contributed by atoms with van der Waals surface area (Å²) in [5.41, 5.74) is 2.55. The molecule has 0 unspecified atom stereocenters. The number of carbonyl (C=O) groups is 2. The Bertz CT molecular complexity index is 595. The minimum Gasteiger partial charge on any atom is -0.545 e. The van der Waals surface area contributed by atoms with Crippen molar-refractivity contribution >= 4 is 11.9 Å². The number of carboxylic acids is 2. The van der Waals surface area contributed by atoms with Gasteiger partial charge in [-0.05, 0) is 47.2 Å². The van der Waals surface area contributed by atoms with E-state index < -0.39 is 11.9 Å². The molecule has 0 aliphatic heterocycles. The summed E-state index contributed by atoms with van der Waals surface area (Å²) in [4.78, 5) is 20.7. The average Bonchev–Trinajstić information content (AvgIpc) is 2.55. The van der Waals surface area contributed by atoms with E-state index in [1.807, 2.05) is 26.0 Å². The molecule has 0 heterocycles. The Morgan fingerprint density at radius 1 is 0.783 bits per heavy atom. The van der Waals surface area contributed by atoms with Crippen molar-refractivity contribution in [1.82, 2.24) is 0 Å². The van der Waals surface area contributed by atoms with E-state index in [2.05, 4.69) is 0 Å². The maximum absolute atomic E-state index is 10.4. The van der Waals surface area contributed by atoms with Gasteiger partial charge in [0.05, 0.1) is 11.9 Å². The first kappa shape index (κ1) is 21.3. The minimum absolute atomic E-state index is 0. The molecule has 0 fully saturated rings. The van der Waals surface area contributed by atoms with Gasteiger partial charge in [-0.15, -0.1) is 0 Å². The van der Waals surface area contributed by atoms with Crippen LogP contribution in [0.1, 0.15) is 45.7 Å². The van der Waals surface area contributed by atoms with E-state index in [0.29, 0.717) is 0 Å². The minimum atomic E-state index is -1.11. The van der Waals surface area contributed by atoms with Gasteiger partial charge in [-0.2, -0.15) is 0 Å². The van der Waals surface area contributed by atoms with Crippen LogP contribution in [-0.2, 0) is 40.5 Å². The molecule has 0 aliphatic rings. The summed E-state index contributed by atoms with van der Waals surface area (Å²) in [6.45, 7) is 3.96. The Balaban J connectivity index is 0.000000403. The van der Waals surface area contributed by atoms with Gasteiger partial charge < -0.3 is 19.8 Å². The van der Waals surface area contributed by atoms with Gasteiger partial charge in [0.2, 0.25) is 0 Å². The number of carbonyl (C=O) groups excluding carboxylic acids is 2. The summed E-state index contributed by atoms with van der Waals surface area (Å²) in [7, 11) is 0. The number of benzene rings is 2. The molecule has 0 saturated heterocycles. The van der Waals surface area contributed by atoms with Crippen molar-refractivity contribution in [2.75, 3.05) is 0 Å². The van der Waals surface area contributed by atoms with Gasteiger partial charge in [-0.3, -0.25) is 0 Å². The van der Waals surface area contributed by atoms with Crippen LogP contribution in [0, 0.1) is 0 Å². The molecule has 0 radical (unpaired) electrons. The number of rotatable bonds is 4.